The van der Waals surface area contributed by atoms with E-state index in [9.17, 15) is 4.79 Å². The molecule has 24 heavy (non-hydrogen) atoms. The van der Waals surface area contributed by atoms with Crippen LogP contribution in [0.2, 0.25) is 6.32 Å². The number of hydrogen-bond acceptors (Lipinski definition) is 3. The van der Waals surface area contributed by atoms with E-state index in [0.29, 0.717) is 25.1 Å². The zero-order chi connectivity index (χ0) is 17.2. The molecule has 0 aliphatic carbocycles. The molecule has 2 aromatic rings. The first-order valence-electron chi connectivity index (χ1n) is 8.15. The van der Waals surface area contributed by atoms with Crippen LogP contribution in [0.4, 0.5) is 5.69 Å². The Labute approximate surface area is 143 Å². The van der Waals surface area contributed by atoms with Crippen LogP contribution in [0.1, 0.15) is 13.8 Å². The van der Waals surface area contributed by atoms with Crippen LogP contribution in [0, 0.1) is 5.41 Å². The van der Waals surface area contributed by atoms with Crippen molar-refractivity contribution in [2.24, 2.45) is 5.41 Å². The van der Waals surface area contributed by atoms with E-state index in [4.69, 9.17) is 9.31 Å². The molecule has 5 heteroatoms. The van der Waals surface area contributed by atoms with E-state index in [1.807, 2.05) is 42.5 Å². The van der Waals surface area contributed by atoms with Crippen LogP contribution in [0.5, 0.6) is 0 Å². The van der Waals surface area contributed by atoms with E-state index in [1.165, 1.54) is 0 Å². The van der Waals surface area contributed by atoms with Crippen LogP contribution < -0.4 is 5.32 Å². The van der Waals surface area contributed by atoms with Gasteiger partial charge >= 0.3 is 7.12 Å². The molecule has 1 amide bonds. The molecule has 1 heterocycles. The van der Waals surface area contributed by atoms with Crippen molar-refractivity contribution in [2.75, 3.05) is 18.5 Å². The predicted octanol–water partition coefficient (Wildman–Crippen LogP) is 3.90. The highest BCUT2D eigenvalue weighted by Crippen LogP contribution is 2.26. The zero-order valence-electron chi connectivity index (χ0n) is 14.2. The number of amides is 1. The molecule has 2 aromatic carbocycles. The highest BCUT2D eigenvalue weighted by Gasteiger charge is 2.33. The van der Waals surface area contributed by atoms with Gasteiger partial charge in [-0.05, 0) is 11.5 Å². The summed E-state index contributed by atoms with van der Waals surface area (Å²) >= 11 is 0. The van der Waals surface area contributed by atoms with E-state index in [-0.39, 0.29) is 11.3 Å². The first-order chi connectivity index (χ1) is 11.4. The number of rotatable bonds is 4. The number of carbonyl (C=O) groups excluding carboxylic acids is 1. The fourth-order valence-corrected chi connectivity index (χ4v) is 2.68. The summed E-state index contributed by atoms with van der Waals surface area (Å²) in [6.07, 6.45) is 0.368. The van der Waals surface area contributed by atoms with Gasteiger partial charge in [0.1, 0.15) is 0 Å². The molecule has 0 atom stereocenters. The molecule has 0 aromatic heterocycles. The molecule has 0 bridgehead atoms. The average Bonchev–Trinajstić information content (AvgIpc) is 2.57. The molecule has 4 nitrogen and oxygen atoms in total. The molecule has 1 aliphatic heterocycles. The third kappa shape index (κ3) is 3.86. The maximum Gasteiger partial charge on any atom is 0.461 e. The van der Waals surface area contributed by atoms with Crippen LogP contribution in [-0.4, -0.2) is 26.2 Å². The fraction of sp³-hybridized carbons (Fsp3) is 0.316. The lowest BCUT2D eigenvalue weighted by molar-refractivity contribution is -0.112. The third-order valence-electron chi connectivity index (χ3n) is 4.09. The first-order valence-corrected chi connectivity index (χ1v) is 8.15. The predicted molar refractivity (Wildman–Crippen MR) is 98.0 cm³/mol. The standard InChI is InChI=1S/C19H22BNO3/c1-14(11-20-23-12-19(2,3)13-24-20)18(22)21-17-10-6-8-15-7-4-5-9-16(15)17/h4-10H,1,11-13H2,2-3H3,(H,21,22). The van der Waals surface area contributed by atoms with Gasteiger partial charge < -0.3 is 14.6 Å². The molecule has 0 saturated carbocycles. The second-order valence-corrected chi connectivity index (χ2v) is 7.00. The average molecular weight is 323 g/mol. The van der Waals surface area contributed by atoms with Gasteiger partial charge in [-0.3, -0.25) is 4.79 Å². The van der Waals surface area contributed by atoms with Gasteiger partial charge in [0.2, 0.25) is 5.91 Å². The van der Waals surface area contributed by atoms with Gasteiger partial charge in [-0.25, -0.2) is 0 Å². The summed E-state index contributed by atoms with van der Waals surface area (Å²) in [6, 6.07) is 13.8. The van der Waals surface area contributed by atoms with Crippen molar-refractivity contribution < 1.29 is 14.1 Å². The Kier molecular flexibility index (Phi) is 4.74. The van der Waals surface area contributed by atoms with E-state index >= 15 is 0 Å². The minimum Gasteiger partial charge on any atom is -0.410 e. The van der Waals surface area contributed by atoms with Crippen molar-refractivity contribution >= 4 is 29.5 Å². The molecule has 0 unspecified atom stereocenters. The van der Waals surface area contributed by atoms with E-state index in [0.717, 1.165) is 16.5 Å². The molecule has 3 rings (SSSR count). The first kappa shape index (κ1) is 16.7. The Morgan fingerprint density at radius 1 is 1.17 bits per heavy atom. The van der Waals surface area contributed by atoms with Crippen molar-refractivity contribution in [2.45, 2.75) is 20.2 Å². The SMILES string of the molecule is C=C(CB1OCC(C)(C)CO1)C(=O)Nc1cccc2ccccc12. The number of nitrogens with one attached hydrogen (secondary N) is 1. The molecule has 1 N–H and O–H groups in total. The van der Waals surface area contributed by atoms with Crippen LogP contribution in [0.15, 0.2) is 54.6 Å². The summed E-state index contributed by atoms with van der Waals surface area (Å²) in [4.78, 5) is 12.4. The van der Waals surface area contributed by atoms with E-state index in [2.05, 4.69) is 25.7 Å². The number of benzene rings is 2. The highest BCUT2D eigenvalue weighted by atomic mass is 16.6. The Morgan fingerprint density at radius 2 is 1.83 bits per heavy atom. The number of carbonyl (C=O) groups is 1. The lowest BCUT2D eigenvalue weighted by Gasteiger charge is -2.33. The third-order valence-corrected chi connectivity index (χ3v) is 4.09. The van der Waals surface area contributed by atoms with Gasteiger partial charge in [0.25, 0.3) is 0 Å². The summed E-state index contributed by atoms with van der Waals surface area (Å²) in [6.45, 7) is 9.31. The maximum absolute atomic E-state index is 12.4. The van der Waals surface area contributed by atoms with Gasteiger partial charge in [-0.1, -0.05) is 56.8 Å². The molecule has 0 spiro atoms. The van der Waals surface area contributed by atoms with Crippen molar-refractivity contribution in [1.82, 2.24) is 0 Å². The molecular weight excluding hydrogens is 301 g/mol. The normalized spacial score (nSPS) is 16.8. The Balaban J connectivity index is 1.63. The molecule has 124 valence electrons. The Morgan fingerprint density at radius 3 is 2.58 bits per heavy atom. The summed E-state index contributed by atoms with van der Waals surface area (Å²) in [5.74, 6) is -0.205. The van der Waals surface area contributed by atoms with Crippen molar-refractivity contribution in [3.8, 4) is 0 Å². The summed E-state index contributed by atoms with van der Waals surface area (Å²) < 4.78 is 11.3. The zero-order valence-corrected chi connectivity index (χ0v) is 14.2. The van der Waals surface area contributed by atoms with Gasteiger partial charge in [-0.15, -0.1) is 0 Å². The monoisotopic (exact) mass is 323 g/mol. The number of anilines is 1. The van der Waals surface area contributed by atoms with Crippen molar-refractivity contribution in [1.29, 1.82) is 0 Å². The van der Waals surface area contributed by atoms with Crippen molar-refractivity contribution in [3.63, 3.8) is 0 Å². The summed E-state index contributed by atoms with van der Waals surface area (Å²) in [7, 11) is -0.399. The molecule has 1 fully saturated rings. The summed E-state index contributed by atoms with van der Waals surface area (Å²) in [5.41, 5.74) is 1.25. The smallest absolute Gasteiger partial charge is 0.410 e. The minimum atomic E-state index is -0.399. The summed E-state index contributed by atoms with van der Waals surface area (Å²) in [5, 5.41) is 5.03. The van der Waals surface area contributed by atoms with Crippen molar-refractivity contribution in [3.05, 3.63) is 54.6 Å². The second-order valence-electron chi connectivity index (χ2n) is 7.00. The highest BCUT2D eigenvalue weighted by molar-refractivity contribution is 6.46. The van der Waals surface area contributed by atoms with Gasteiger partial charge in [0, 0.05) is 41.6 Å². The van der Waals surface area contributed by atoms with Crippen LogP contribution in [0.25, 0.3) is 10.8 Å². The Bertz CT molecular complexity index is 757. The van der Waals surface area contributed by atoms with E-state index < -0.39 is 7.12 Å². The lowest BCUT2D eigenvalue weighted by atomic mass is 9.77. The largest absolute Gasteiger partial charge is 0.461 e. The topological polar surface area (TPSA) is 47.6 Å². The molecule has 1 aliphatic rings. The fourth-order valence-electron chi connectivity index (χ4n) is 2.68. The van der Waals surface area contributed by atoms with Gasteiger partial charge in [0.05, 0.1) is 0 Å². The maximum atomic E-state index is 12.4. The molecule has 1 saturated heterocycles. The van der Waals surface area contributed by atoms with Crippen LogP contribution in [-0.2, 0) is 14.1 Å². The second kappa shape index (κ2) is 6.79. The number of hydrogen-bond donors (Lipinski definition) is 1. The van der Waals surface area contributed by atoms with E-state index in [1.54, 1.807) is 0 Å². The minimum absolute atomic E-state index is 0.0169. The van der Waals surface area contributed by atoms with Crippen LogP contribution >= 0.6 is 0 Å². The lowest BCUT2D eigenvalue weighted by Crippen LogP contribution is -2.41. The molecule has 0 radical (unpaired) electrons. The van der Waals surface area contributed by atoms with Crippen LogP contribution in [0.3, 0.4) is 0 Å². The van der Waals surface area contributed by atoms with Gasteiger partial charge in [0.15, 0.2) is 0 Å². The Hall–Kier alpha value is -2.11. The molecular formula is C19H22BNO3. The quantitative estimate of drug-likeness (QED) is 0.686. The van der Waals surface area contributed by atoms with Gasteiger partial charge in [-0.2, -0.15) is 0 Å². The number of fused-ring (bicyclic) bond motifs is 1.